The molecule has 1 amide bonds. The zero-order valence-electron chi connectivity index (χ0n) is 30.3. The van der Waals surface area contributed by atoms with Crippen molar-refractivity contribution in [2.24, 2.45) is 27.7 Å². The first kappa shape index (κ1) is 36.7. The number of allylic oxidation sites excluding steroid dienone is 1. The molecule has 49 heavy (non-hydrogen) atoms. The van der Waals surface area contributed by atoms with Crippen LogP contribution in [0.1, 0.15) is 91.1 Å². The van der Waals surface area contributed by atoms with Gasteiger partial charge in [-0.25, -0.2) is 0 Å². The molecule has 3 aliphatic heterocycles. The maximum absolute atomic E-state index is 14.5. The molecule has 1 fully saturated rings. The van der Waals surface area contributed by atoms with Crippen molar-refractivity contribution in [3.8, 4) is 17.2 Å². The van der Waals surface area contributed by atoms with Crippen molar-refractivity contribution in [2.75, 3.05) is 25.0 Å². The van der Waals surface area contributed by atoms with Gasteiger partial charge in [0, 0.05) is 67.8 Å². The standard InChI is InChI=1S/C37H52N4O8/c1-11-18(4)35(47)38-29-28-27(39-37(40-28)12-14-41(15-13-37)16-17(2)3)24-25(32(29)45)31(44)21(7)33-26(24)34(46)36(10,49-33)48-23(9)20(6)30(43)19(5)22(8)42/h11,17,19-20,22-23,30,42-45H,12-16H2,1-10H3,(H,38,47)/b18-11-/t19-,20+,22+,23?,30-,36+/m1/s1. The summed E-state index contributed by atoms with van der Waals surface area (Å²) in [7, 11) is 0. The molecule has 0 radical (unpaired) electrons. The van der Waals surface area contributed by atoms with Gasteiger partial charge in [-0.15, -0.1) is 0 Å². The van der Waals surface area contributed by atoms with E-state index in [2.05, 4.69) is 24.1 Å². The number of likely N-dealkylation sites (tertiary alicyclic amines) is 1. The number of phenolic OH excluding ortho intramolecular Hbond substituents is 2. The number of anilines is 1. The molecule has 12 heteroatoms. The van der Waals surface area contributed by atoms with E-state index >= 15 is 0 Å². The summed E-state index contributed by atoms with van der Waals surface area (Å²) in [6.07, 6.45) is 0.468. The van der Waals surface area contributed by atoms with E-state index in [0.717, 1.165) is 19.6 Å². The normalized spacial score (nSPS) is 23.4. The summed E-state index contributed by atoms with van der Waals surface area (Å²) in [6.45, 7) is 20.1. The number of phenols is 2. The Morgan fingerprint density at radius 3 is 2.20 bits per heavy atom. The summed E-state index contributed by atoms with van der Waals surface area (Å²) in [5.74, 6) is -3.92. The fraction of sp³-hybridized carbons (Fsp3) is 0.622. The molecule has 3 aliphatic rings. The van der Waals surface area contributed by atoms with E-state index in [1.807, 2.05) is 0 Å². The molecule has 1 spiro atoms. The van der Waals surface area contributed by atoms with Crippen LogP contribution in [0.5, 0.6) is 17.2 Å². The van der Waals surface area contributed by atoms with Crippen molar-refractivity contribution >= 4 is 28.2 Å². The second kappa shape index (κ2) is 13.3. The number of hydrogen-bond acceptors (Lipinski definition) is 11. The molecule has 0 bridgehead atoms. The molecule has 1 saturated heterocycles. The number of ketones is 1. The number of carbonyl (C=O) groups excluding carboxylic acids is 2. The molecule has 6 atom stereocenters. The van der Waals surface area contributed by atoms with Crippen molar-refractivity contribution < 1.29 is 39.5 Å². The highest BCUT2D eigenvalue weighted by Gasteiger charge is 2.51. The Balaban J connectivity index is 1.68. The van der Waals surface area contributed by atoms with E-state index in [9.17, 15) is 30.0 Å². The Hall–Kier alpha value is -3.58. The lowest BCUT2D eigenvalue weighted by Gasteiger charge is -2.36. The number of aromatic hydroxyl groups is 2. The van der Waals surface area contributed by atoms with Crippen LogP contribution in [0, 0.1) is 24.7 Å². The summed E-state index contributed by atoms with van der Waals surface area (Å²) in [4.78, 5) is 40.2. The predicted molar refractivity (Wildman–Crippen MR) is 186 cm³/mol. The van der Waals surface area contributed by atoms with E-state index in [0.29, 0.717) is 24.3 Å². The van der Waals surface area contributed by atoms with Gasteiger partial charge in [-0.3, -0.25) is 19.6 Å². The Morgan fingerprint density at radius 2 is 1.63 bits per heavy atom. The van der Waals surface area contributed by atoms with Gasteiger partial charge in [-0.05, 0) is 40.5 Å². The van der Waals surface area contributed by atoms with E-state index in [1.54, 1.807) is 54.5 Å². The largest absolute Gasteiger partial charge is 0.507 e. The first-order valence-corrected chi connectivity index (χ1v) is 17.3. The number of piperidine rings is 1. The van der Waals surface area contributed by atoms with Gasteiger partial charge in [0.2, 0.25) is 5.78 Å². The molecular weight excluding hydrogens is 628 g/mol. The van der Waals surface area contributed by atoms with Crippen LogP contribution in [0.15, 0.2) is 21.6 Å². The van der Waals surface area contributed by atoms with Gasteiger partial charge in [0.15, 0.2) is 11.4 Å². The lowest BCUT2D eigenvalue weighted by atomic mass is 9.87. The van der Waals surface area contributed by atoms with Crippen LogP contribution >= 0.6 is 0 Å². The average Bonchev–Trinajstić information content (AvgIpc) is 3.54. The van der Waals surface area contributed by atoms with Crippen molar-refractivity contribution in [1.82, 2.24) is 4.90 Å². The van der Waals surface area contributed by atoms with Gasteiger partial charge in [-0.1, -0.05) is 33.8 Å². The Labute approximate surface area is 287 Å². The fourth-order valence-corrected chi connectivity index (χ4v) is 7.13. The number of carbonyl (C=O) groups is 2. The van der Waals surface area contributed by atoms with Crippen LogP contribution in [0.4, 0.5) is 5.69 Å². The van der Waals surface area contributed by atoms with Crippen molar-refractivity contribution in [3.05, 3.63) is 33.5 Å². The molecule has 268 valence electrons. The first-order valence-electron chi connectivity index (χ1n) is 17.3. The molecular formula is C37H52N4O8. The van der Waals surface area contributed by atoms with E-state index in [1.165, 1.54) is 6.92 Å². The summed E-state index contributed by atoms with van der Waals surface area (Å²) >= 11 is 0. The second-order valence-electron chi connectivity index (χ2n) is 14.8. The Morgan fingerprint density at radius 1 is 1.02 bits per heavy atom. The first-order chi connectivity index (χ1) is 22.9. The van der Waals surface area contributed by atoms with Gasteiger partial charge in [0.1, 0.15) is 22.5 Å². The molecule has 5 N–H and O–H groups in total. The number of benzene rings is 2. The van der Waals surface area contributed by atoms with Crippen molar-refractivity contribution in [3.63, 3.8) is 0 Å². The SMILES string of the molecule is C/C=C(/C)C(=O)Nc1c(O)c2c(O)c(C)c3c(c2c2c1=NC1(CCN(CC(C)C)CC1)N=2)C(=O)[C@@](C)(OC(C)[C@H](C)[C@H](O)[C@H](C)[C@H](C)O)O3. The number of nitrogens with zero attached hydrogens (tertiary/aromatic N) is 3. The molecule has 1 unspecified atom stereocenters. The number of aliphatic hydroxyl groups is 2. The minimum atomic E-state index is -1.84. The summed E-state index contributed by atoms with van der Waals surface area (Å²) in [5, 5.41) is 47.9. The third-order valence-electron chi connectivity index (χ3n) is 10.7. The Kier molecular flexibility index (Phi) is 9.94. The Bertz CT molecular complexity index is 1830. The number of fused-ring (bicyclic) bond motifs is 5. The molecule has 12 nitrogen and oxygen atoms in total. The molecule has 3 heterocycles. The molecule has 0 aromatic heterocycles. The zero-order chi connectivity index (χ0) is 36.3. The van der Waals surface area contributed by atoms with Crippen LogP contribution in [0.3, 0.4) is 0 Å². The van der Waals surface area contributed by atoms with Crippen LogP contribution in [0.25, 0.3) is 10.8 Å². The number of hydrogen-bond donors (Lipinski definition) is 5. The number of amides is 1. The number of ether oxygens (including phenoxy) is 2. The van der Waals surface area contributed by atoms with Crippen molar-refractivity contribution in [2.45, 2.75) is 112 Å². The maximum atomic E-state index is 14.5. The van der Waals surface area contributed by atoms with Crippen LogP contribution in [-0.4, -0.2) is 86.4 Å². The topological polar surface area (TPSA) is 174 Å². The monoisotopic (exact) mass is 680 g/mol. The third-order valence-corrected chi connectivity index (χ3v) is 10.7. The van der Waals surface area contributed by atoms with Gasteiger partial charge in [0.25, 0.3) is 11.7 Å². The highest BCUT2D eigenvalue weighted by Crippen LogP contribution is 2.50. The van der Waals surface area contributed by atoms with Gasteiger partial charge >= 0.3 is 0 Å². The van der Waals surface area contributed by atoms with Crippen LogP contribution in [-0.2, 0) is 9.53 Å². The highest BCUT2D eigenvalue weighted by molar-refractivity contribution is 6.19. The summed E-state index contributed by atoms with van der Waals surface area (Å²) < 4.78 is 12.6. The molecule has 0 aliphatic carbocycles. The quantitative estimate of drug-likeness (QED) is 0.184. The van der Waals surface area contributed by atoms with E-state index in [-0.39, 0.29) is 49.8 Å². The minimum Gasteiger partial charge on any atom is -0.507 e. The third kappa shape index (κ3) is 6.32. The lowest BCUT2D eigenvalue weighted by molar-refractivity contribution is -0.179. The van der Waals surface area contributed by atoms with E-state index in [4.69, 9.17) is 19.5 Å². The van der Waals surface area contributed by atoms with Gasteiger partial charge in [0.05, 0.1) is 34.6 Å². The minimum absolute atomic E-state index is 0.0163. The van der Waals surface area contributed by atoms with Crippen molar-refractivity contribution in [1.29, 1.82) is 0 Å². The molecule has 5 rings (SSSR count). The molecule has 2 aromatic rings. The molecule has 2 aromatic carbocycles. The smallest absolute Gasteiger partial charge is 0.272 e. The summed E-state index contributed by atoms with van der Waals surface area (Å²) in [5.41, 5.74) is -0.157. The number of Topliss-reactive ketones (excluding diaryl/α,β-unsaturated/α-hetero) is 1. The molecule has 0 saturated carbocycles. The van der Waals surface area contributed by atoms with Gasteiger partial charge < -0.3 is 40.1 Å². The fourth-order valence-electron chi connectivity index (χ4n) is 7.13. The predicted octanol–water partition coefficient (Wildman–Crippen LogP) is 3.88. The van der Waals surface area contributed by atoms with Crippen LogP contribution in [0.2, 0.25) is 0 Å². The van der Waals surface area contributed by atoms with E-state index < -0.39 is 59.0 Å². The number of nitrogens with one attached hydrogen (secondary N) is 1. The summed E-state index contributed by atoms with van der Waals surface area (Å²) in [6, 6.07) is 0. The van der Waals surface area contributed by atoms with Crippen LogP contribution < -0.4 is 20.8 Å². The highest BCUT2D eigenvalue weighted by atomic mass is 16.7. The maximum Gasteiger partial charge on any atom is 0.272 e. The lowest BCUT2D eigenvalue weighted by Crippen LogP contribution is -2.47. The number of aliphatic hydroxyl groups excluding tert-OH is 2. The second-order valence-corrected chi connectivity index (χ2v) is 14.8. The zero-order valence-corrected chi connectivity index (χ0v) is 30.3. The average molecular weight is 681 g/mol. The number of rotatable bonds is 10. The van der Waals surface area contributed by atoms with Gasteiger partial charge in [-0.2, -0.15) is 0 Å².